The largest absolute Gasteiger partial charge is 0.496 e. The summed E-state index contributed by atoms with van der Waals surface area (Å²) in [5.41, 5.74) is 12.2. The molecule has 4 heteroatoms. The van der Waals surface area contributed by atoms with Crippen molar-refractivity contribution in [1.82, 2.24) is 0 Å². The van der Waals surface area contributed by atoms with Crippen LogP contribution in [0.4, 0.5) is 0 Å². The van der Waals surface area contributed by atoms with Gasteiger partial charge < -0.3 is 20.9 Å². The maximum absolute atomic E-state index is 5.75. The molecule has 0 aliphatic heterocycles. The molecule has 0 fully saturated rings. The van der Waals surface area contributed by atoms with Crippen LogP contribution in [0.1, 0.15) is 13.3 Å². The van der Waals surface area contributed by atoms with Crippen molar-refractivity contribution in [2.75, 3.05) is 14.2 Å². The molecular formula is C9H16N2O2. The topological polar surface area (TPSA) is 70.5 Å². The van der Waals surface area contributed by atoms with Crippen LogP contribution in [0.5, 0.6) is 0 Å². The van der Waals surface area contributed by atoms with Crippen molar-refractivity contribution in [1.29, 1.82) is 0 Å². The summed E-state index contributed by atoms with van der Waals surface area (Å²) in [6.07, 6.45) is 2.31. The number of nitrogens with two attached hydrogens (primary N) is 2. The minimum absolute atomic E-state index is 0.530. The van der Waals surface area contributed by atoms with Crippen molar-refractivity contribution in [2.45, 2.75) is 18.9 Å². The van der Waals surface area contributed by atoms with Crippen LogP contribution >= 0.6 is 0 Å². The van der Waals surface area contributed by atoms with Gasteiger partial charge in [0.2, 0.25) is 0 Å². The normalized spacial score (nSPS) is 28.7. The first-order valence-corrected chi connectivity index (χ1v) is 4.09. The van der Waals surface area contributed by atoms with Gasteiger partial charge in [0.25, 0.3) is 0 Å². The molecule has 0 saturated heterocycles. The molecule has 1 atom stereocenters. The van der Waals surface area contributed by atoms with Crippen LogP contribution in [0.25, 0.3) is 0 Å². The number of ether oxygens (including phenoxy) is 2. The lowest BCUT2D eigenvalue weighted by Gasteiger charge is -2.33. The Morgan fingerprint density at radius 1 is 1.38 bits per heavy atom. The highest BCUT2D eigenvalue weighted by Gasteiger charge is 2.35. The van der Waals surface area contributed by atoms with Crippen LogP contribution in [0, 0.1) is 0 Å². The van der Waals surface area contributed by atoms with Gasteiger partial charge in [-0.1, -0.05) is 0 Å². The fourth-order valence-electron chi connectivity index (χ4n) is 1.59. The van der Waals surface area contributed by atoms with Crippen LogP contribution in [-0.4, -0.2) is 19.8 Å². The van der Waals surface area contributed by atoms with Gasteiger partial charge in [0, 0.05) is 19.2 Å². The Hall–Kier alpha value is -1.16. The predicted molar refractivity (Wildman–Crippen MR) is 50.5 cm³/mol. The summed E-state index contributed by atoms with van der Waals surface area (Å²) in [4.78, 5) is 0. The predicted octanol–water partition coefficient (Wildman–Crippen LogP) is 0.454. The highest BCUT2D eigenvalue weighted by molar-refractivity contribution is 5.34. The van der Waals surface area contributed by atoms with Crippen LogP contribution in [-0.2, 0) is 9.47 Å². The molecule has 1 aliphatic rings. The first-order chi connectivity index (χ1) is 6.03. The molecule has 74 valence electrons. The van der Waals surface area contributed by atoms with Gasteiger partial charge in [-0.25, -0.2) is 0 Å². The molecule has 1 aliphatic carbocycles. The van der Waals surface area contributed by atoms with Gasteiger partial charge in [0.15, 0.2) is 5.76 Å². The maximum atomic E-state index is 5.75. The Balaban J connectivity index is 3.10. The van der Waals surface area contributed by atoms with Gasteiger partial charge in [-0.15, -0.1) is 0 Å². The van der Waals surface area contributed by atoms with Crippen molar-refractivity contribution in [3.8, 4) is 0 Å². The quantitative estimate of drug-likeness (QED) is 0.654. The van der Waals surface area contributed by atoms with Gasteiger partial charge in [0.05, 0.1) is 12.8 Å². The van der Waals surface area contributed by atoms with E-state index in [2.05, 4.69) is 0 Å². The molecule has 1 unspecified atom stereocenters. The summed E-state index contributed by atoms with van der Waals surface area (Å²) >= 11 is 0. The SMILES string of the molecule is COC1=C(N)C=C(N)CC1(C)OC. The van der Waals surface area contributed by atoms with Gasteiger partial charge in [-0.05, 0) is 13.0 Å². The second kappa shape index (κ2) is 3.30. The van der Waals surface area contributed by atoms with Crippen molar-refractivity contribution in [3.05, 3.63) is 23.2 Å². The standard InChI is InChI=1S/C9H16N2O2/c1-9(13-3)5-6(10)4-7(11)8(9)12-2/h4H,5,10-11H2,1-3H3. The third-order valence-corrected chi connectivity index (χ3v) is 2.28. The van der Waals surface area contributed by atoms with E-state index in [1.54, 1.807) is 20.3 Å². The summed E-state index contributed by atoms with van der Waals surface area (Å²) < 4.78 is 10.5. The van der Waals surface area contributed by atoms with E-state index in [9.17, 15) is 0 Å². The van der Waals surface area contributed by atoms with Crippen molar-refractivity contribution in [3.63, 3.8) is 0 Å². The van der Waals surface area contributed by atoms with Gasteiger partial charge in [-0.3, -0.25) is 0 Å². The first-order valence-electron chi connectivity index (χ1n) is 4.09. The Bertz CT molecular complexity index is 271. The van der Waals surface area contributed by atoms with E-state index in [0.717, 1.165) is 0 Å². The van der Waals surface area contributed by atoms with E-state index in [1.165, 1.54) is 0 Å². The second-order valence-electron chi connectivity index (χ2n) is 3.32. The summed E-state index contributed by atoms with van der Waals surface area (Å²) in [5.74, 6) is 0.643. The minimum Gasteiger partial charge on any atom is -0.496 e. The van der Waals surface area contributed by atoms with E-state index in [4.69, 9.17) is 20.9 Å². The van der Waals surface area contributed by atoms with Gasteiger partial charge >= 0.3 is 0 Å². The van der Waals surface area contributed by atoms with Crippen LogP contribution < -0.4 is 11.5 Å². The smallest absolute Gasteiger partial charge is 0.150 e. The molecule has 0 bridgehead atoms. The third kappa shape index (κ3) is 1.62. The lowest BCUT2D eigenvalue weighted by atomic mass is 9.91. The zero-order chi connectivity index (χ0) is 10.1. The molecule has 13 heavy (non-hydrogen) atoms. The molecule has 0 saturated carbocycles. The van der Waals surface area contributed by atoms with E-state index >= 15 is 0 Å². The first kappa shape index (κ1) is 9.92. The van der Waals surface area contributed by atoms with Crippen LogP contribution in [0.2, 0.25) is 0 Å². The van der Waals surface area contributed by atoms with Crippen LogP contribution in [0.15, 0.2) is 23.2 Å². The fraction of sp³-hybridized carbons (Fsp3) is 0.556. The number of rotatable bonds is 2. The van der Waals surface area contributed by atoms with E-state index in [0.29, 0.717) is 23.6 Å². The molecule has 4 nitrogen and oxygen atoms in total. The van der Waals surface area contributed by atoms with E-state index in [1.807, 2.05) is 6.92 Å². The van der Waals surface area contributed by atoms with Crippen molar-refractivity contribution in [2.24, 2.45) is 11.5 Å². The molecule has 4 N–H and O–H groups in total. The Labute approximate surface area is 78.2 Å². The number of hydrogen-bond acceptors (Lipinski definition) is 4. The molecule has 0 spiro atoms. The van der Waals surface area contributed by atoms with Crippen molar-refractivity contribution >= 4 is 0 Å². The Kier molecular flexibility index (Phi) is 2.52. The average molecular weight is 184 g/mol. The van der Waals surface area contributed by atoms with E-state index in [-0.39, 0.29) is 0 Å². The summed E-state index contributed by atoms with van der Waals surface area (Å²) in [5, 5.41) is 0. The molecule has 0 radical (unpaired) electrons. The summed E-state index contributed by atoms with van der Waals surface area (Å²) in [7, 11) is 3.19. The monoisotopic (exact) mass is 184 g/mol. The molecular weight excluding hydrogens is 168 g/mol. The fourth-order valence-corrected chi connectivity index (χ4v) is 1.59. The zero-order valence-corrected chi connectivity index (χ0v) is 8.26. The summed E-state index contributed by atoms with van der Waals surface area (Å²) in [6, 6.07) is 0. The van der Waals surface area contributed by atoms with E-state index < -0.39 is 5.60 Å². The molecule has 0 aromatic heterocycles. The van der Waals surface area contributed by atoms with Crippen molar-refractivity contribution < 1.29 is 9.47 Å². The third-order valence-electron chi connectivity index (χ3n) is 2.28. The zero-order valence-electron chi connectivity index (χ0n) is 8.26. The number of allylic oxidation sites excluding steroid dienone is 1. The second-order valence-corrected chi connectivity index (χ2v) is 3.32. The Morgan fingerprint density at radius 3 is 2.46 bits per heavy atom. The van der Waals surface area contributed by atoms with Crippen LogP contribution in [0.3, 0.4) is 0 Å². The van der Waals surface area contributed by atoms with Gasteiger partial charge in [-0.2, -0.15) is 0 Å². The number of hydrogen-bond donors (Lipinski definition) is 2. The van der Waals surface area contributed by atoms with Gasteiger partial charge in [0.1, 0.15) is 5.60 Å². The highest BCUT2D eigenvalue weighted by Crippen LogP contribution is 2.32. The lowest BCUT2D eigenvalue weighted by molar-refractivity contribution is -0.00783. The number of methoxy groups -OCH3 is 2. The minimum atomic E-state index is -0.530. The molecule has 1 rings (SSSR count). The molecule has 0 aromatic carbocycles. The molecule has 0 heterocycles. The average Bonchev–Trinajstić information content (AvgIpc) is 2.03. The molecule has 0 aromatic rings. The maximum Gasteiger partial charge on any atom is 0.150 e. The molecule has 0 amide bonds. The summed E-state index contributed by atoms with van der Waals surface area (Å²) in [6.45, 7) is 1.90. The lowest BCUT2D eigenvalue weighted by Crippen LogP contribution is -2.37. The highest BCUT2D eigenvalue weighted by atomic mass is 16.5. The Morgan fingerprint density at radius 2 is 2.00 bits per heavy atom.